The third kappa shape index (κ3) is 6.49. The number of esters is 1. The fourth-order valence-corrected chi connectivity index (χ4v) is 3.59. The maximum atomic E-state index is 11.9. The minimum atomic E-state index is -0.453. The maximum Gasteiger partial charge on any atom is 0.407 e. The third-order valence-corrected chi connectivity index (χ3v) is 5.14. The zero-order valence-corrected chi connectivity index (χ0v) is 16.2. The molecule has 0 aromatic carbocycles. The summed E-state index contributed by atoms with van der Waals surface area (Å²) in [6.07, 6.45) is 3.92. The van der Waals surface area contributed by atoms with Gasteiger partial charge in [0.2, 0.25) is 0 Å². The van der Waals surface area contributed by atoms with E-state index in [0.717, 1.165) is 45.3 Å². The Morgan fingerprint density at radius 2 is 1.80 bits per heavy atom. The Hall–Kier alpha value is -1.30. The molecule has 1 aliphatic carbocycles. The van der Waals surface area contributed by atoms with E-state index >= 15 is 0 Å². The Kier molecular flexibility index (Phi) is 7.11. The molecule has 6 nitrogen and oxygen atoms in total. The summed E-state index contributed by atoms with van der Waals surface area (Å²) in [7, 11) is 0. The van der Waals surface area contributed by atoms with Crippen molar-refractivity contribution in [2.45, 2.75) is 59.0 Å². The largest absolute Gasteiger partial charge is 0.466 e. The van der Waals surface area contributed by atoms with Crippen molar-refractivity contribution in [2.24, 2.45) is 17.8 Å². The standard InChI is InChI=1S/C19H34N2O4/c1-5-24-17(22)16-7-6-15(16)13-21-10-8-14(9-11-21)12-20-18(23)25-19(2,3)4/h14-16H,5-13H2,1-4H3,(H,20,23). The molecule has 2 rings (SSSR count). The highest BCUT2D eigenvalue weighted by Gasteiger charge is 2.38. The van der Waals surface area contributed by atoms with Crippen molar-refractivity contribution in [2.75, 3.05) is 32.8 Å². The summed E-state index contributed by atoms with van der Waals surface area (Å²) in [5.74, 6) is 1.04. The van der Waals surface area contributed by atoms with Crippen LogP contribution in [0.15, 0.2) is 0 Å². The lowest BCUT2D eigenvalue weighted by Crippen LogP contribution is -2.46. The molecule has 0 aromatic heterocycles. The minimum Gasteiger partial charge on any atom is -0.466 e. The van der Waals surface area contributed by atoms with Crippen LogP contribution in [0.3, 0.4) is 0 Å². The lowest BCUT2D eigenvalue weighted by molar-refractivity contribution is -0.154. The van der Waals surface area contributed by atoms with Crippen LogP contribution in [0, 0.1) is 17.8 Å². The Morgan fingerprint density at radius 1 is 1.12 bits per heavy atom. The van der Waals surface area contributed by atoms with E-state index in [1.54, 1.807) is 0 Å². The first kappa shape index (κ1) is 20.0. The van der Waals surface area contributed by atoms with Crippen molar-refractivity contribution in [3.63, 3.8) is 0 Å². The summed E-state index contributed by atoms with van der Waals surface area (Å²) in [5, 5.41) is 2.88. The van der Waals surface area contributed by atoms with Crippen molar-refractivity contribution >= 4 is 12.1 Å². The van der Waals surface area contributed by atoms with Crippen molar-refractivity contribution in [1.82, 2.24) is 10.2 Å². The average molecular weight is 354 g/mol. The van der Waals surface area contributed by atoms with Gasteiger partial charge in [-0.05, 0) is 78.3 Å². The molecule has 0 spiro atoms. The van der Waals surface area contributed by atoms with Gasteiger partial charge in [0, 0.05) is 13.1 Å². The molecule has 1 heterocycles. The van der Waals surface area contributed by atoms with Crippen LogP contribution in [0.5, 0.6) is 0 Å². The van der Waals surface area contributed by atoms with Crippen LogP contribution in [-0.2, 0) is 14.3 Å². The molecule has 25 heavy (non-hydrogen) atoms. The van der Waals surface area contributed by atoms with Gasteiger partial charge in [0.1, 0.15) is 5.60 Å². The van der Waals surface area contributed by atoms with Gasteiger partial charge in [-0.25, -0.2) is 4.79 Å². The molecule has 1 saturated carbocycles. The number of carbonyl (C=O) groups excluding carboxylic acids is 2. The number of likely N-dealkylation sites (tertiary alicyclic amines) is 1. The Morgan fingerprint density at radius 3 is 2.32 bits per heavy atom. The van der Waals surface area contributed by atoms with Gasteiger partial charge in [-0.15, -0.1) is 0 Å². The molecule has 1 amide bonds. The third-order valence-electron chi connectivity index (χ3n) is 5.14. The fraction of sp³-hybridized carbons (Fsp3) is 0.895. The minimum absolute atomic E-state index is 0.0183. The van der Waals surface area contributed by atoms with E-state index in [1.165, 1.54) is 0 Å². The van der Waals surface area contributed by atoms with E-state index in [0.29, 0.717) is 25.0 Å². The van der Waals surface area contributed by atoms with Crippen LogP contribution >= 0.6 is 0 Å². The summed E-state index contributed by atoms with van der Waals surface area (Å²) in [6.45, 7) is 11.7. The first-order valence-corrected chi connectivity index (χ1v) is 9.64. The quantitative estimate of drug-likeness (QED) is 0.743. The molecule has 2 aliphatic rings. The molecule has 2 fully saturated rings. The highest BCUT2D eigenvalue weighted by molar-refractivity contribution is 5.73. The number of ether oxygens (including phenoxy) is 2. The zero-order chi connectivity index (χ0) is 18.4. The summed E-state index contributed by atoms with van der Waals surface area (Å²) in [5.41, 5.74) is -0.453. The van der Waals surface area contributed by atoms with Gasteiger partial charge in [-0.1, -0.05) is 0 Å². The van der Waals surface area contributed by atoms with E-state index in [-0.39, 0.29) is 18.0 Å². The molecule has 144 valence electrons. The van der Waals surface area contributed by atoms with Crippen molar-refractivity contribution in [1.29, 1.82) is 0 Å². The number of hydrogen-bond acceptors (Lipinski definition) is 5. The molecule has 2 unspecified atom stereocenters. The number of piperidine rings is 1. The van der Waals surface area contributed by atoms with Crippen molar-refractivity contribution in [3.05, 3.63) is 0 Å². The number of carbonyl (C=O) groups is 2. The number of nitrogens with zero attached hydrogens (tertiary/aromatic N) is 1. The number of hydrogen-bond donors (Lipinski definition) is 1. The van der Waals surface area contributed by atoms with Gasteiger partial charge in [-0.2, -0.15) is 0 Å². The van der Waals surface area contributed by atoms with E-state index in [9.17, 15) is 9.59 Å². The summed E-state index contributed by atoms with van der Waals surface area (Å²) >= 11 is 0. The predicted octanol–water partition coefficient (Wildman–Crippen LogP) is 2.81. The lowest BCUT2D eigenvalue weighted by Gasteiger charge is -2.40. The van der Waals surface area contributed by atoms with Gasteiger partial charge < -0.3 is 19.7 Å². The van der Waals surface area contributed by atoms with E-state index < -0.39 is 5.60 Å². The molecule has 0 radical (unpaired) electrons. The summed E-state index contributed by atoms with van der Waals surface area (Å²) in [4.78, 5) is 26.1. The maximum absolute atomic E-state index is 11.9. The molecular weight excluding hydrogens is 320 g/mol. The second kappa shape index (κ2) is 8.88. The molecular formula is C19H34N2O4. The monoisotopic (exact) mass is 354 g/mol. The first-order chi connectivity index (χ1) is 11.8. The smallest absolute Gasteiger partial charge is 0.407 e. The van der Waals surface area contributed by atoms with Crippen molar-refractivity contribution < 1.29 is 19.1 Å². The average Bonchev–Trinajstić information content (AvgIpc) is 2.49. The number of rotatable bonds is 6. The lowest BCUT2D eigenvalue weighted by atomic mass is 9.73. The molecule has 0 aromatic rings. The fourth-order valence-electron chi connectivity index (χ4n) is 3.59. The molecule has 1 N–H and O–H groups in total. The Bertz CT molecular complexity index is 453. The normalized spacial score (nSPS) is 25.1. The van der Waals surface area contributed by atoms with Crippen LogP contribution in [0.1, 0.15) is 53.4 Å². The number of amides is 1. The molecule has 0 bridgehead atoms. The van der Waals surface area contributed by atoms with Crippen LogP contribution < -0.4 is 5.32 Å². The van der Waals surface area contributed by atoms with Gasteiger partial charge in [0.15, 0.2) is 0 Å². The number of alkyl carbamates (subject to hydrolysis) is 1. The van der Waals surface area contributed by atoms with Gasteiger partial charge >= 0.3 is 12.1 Å². The van der Waals surface area contributed by atoms with Gasteiger partial charge in [0.05, 0.1) is 12.5 Å². The Labute approximate surface area is 151 Å². The number of nitrogens with one attached hydrogen (secondary N) is 1. The van der Waals surface area contributed by atoms with Crippen LogP contribution in [0.25, 0.3) is 0 Å². The van der Waals surface area contributed by atoms with Crippen molar-refractivity contribution in [3.8, 4) is 0 Å². The highest BCUT2D eigenvalue weighted by Crippen LogP contribution is 2.36. The highest BCUT2D eigenvalue weighted by atomic mass is 16.6. The van der Waals surface area contributed by atoms with Gasteiger partial charge in [-0.3, -0.25) is 4.79 Å². The van der Waals surface area contributed by atoms with Crippen LogP contribution in [0.4, 0.5) is 4.79 Å². The second-order valence-electron chi connectivity index (χ2n) is 8.32. The Balaban J connectivity index is 1.63. The predicted molar refractivity (Wildman–Crippen MR) is 96.2 cm³/mol. The van der Waals surface area contributed by atoms with Gasteiger partial charge in [0.25, 0.3) is 0 Å². The summed E-state index contributed by atoms with van der Waals surface area (Å²) in [6, 6.07) is 0. The first-order valence-electron chi connectivity index (χ1n) is 9.64. The van der Waals surface area contributed by atoms with E-state index in [1.807, 2.05) is 27.7 Å². The van der Waals surface area contributed by atoms with Crippen LogP contribution in [-0.4, -0.2) is 55.3 Å². The summed E-state index contributed by atoms with van der Waals surface area (Å²) < 4.78 is 10.4. The van der Waals surface area contributed by atoms with E-state index in [4.69, 9.17) is 9.47 Å². The van der Waals surface area contributed by atoms with E-state index in [2.05, 4.69) is 10.2 Å². The topological polar surface area (TPSA) is 67.9 Å². The molecule has 6 heteroatoms. The second-order valence-corrected chi connectivity index (χ2v) is 8.32. The molecule has 1 saturated heterocycles. The SMILES string of the molecule is CCOC(=O)C1CCC1CN1CCC(CNC(=O)OC(C)(C)C)CC1. The zero-order valence-electron chi connectivity index (χ0n) is 16.2. The molecule has 2 atom stereocenters. The molecule has 1 aliphatic heterocycles. The van der Waals surface area contributed by atoms with Crippen LogP contribution in [0.2, 0.25) is 0 Å².